The zero-order valence-electron chi connectivity index (χ0n) is 11.7. The van der Waals surface area contributed by atoms with Crippen LogP contribution in [-0.4, -0.2) is 38.5 Å². The molecular formula is C11H19N5O3S. The fourth-order valence-corrected chi connectivity index (χ4v) is 2.49. The van der Waals surface area contributed by atoms with Gasteiger partial charge in [-0.2, -0.15) is 4.98 Å². The third kappa shape index (κ3) is 4.82. The summed E-state index contributed by atoms with van der Waals surface area (Å²) < 4.78 is 1.38. The largest absolute Gasteiger partial charge is 0.368 e. The predicted molar refractivity (Wildman–Crippen MR) is 76.7 cm³/mol. The van der Waals surface area contributed by atoms with E-state index in [1.54, 1.807) is 7.05 Å². The van der Waals surface area contributed by atoms with Crippen molar-refractivity contribution >= 4 is 17.7 Å². The van der Waals surface area contributed by atoms with Crippen LogP contribution in [0.2, 0.25) is 0 Å². The topological polar surface area (TPSA) is 123 Å². The molecule has 9 heteroatoms. The van der Waals surface area contributed by atoms with Crippen LogP contribution in [0.15, 0.2) is 14.7 Å². The lowest BCUT2D eigenvalue weighted by Crippen LogP contribution is -2.44. The highest BCUT2D eigenvalue weighted by Crippen LogP contribution is 2.13. The number of nitrogens with zero attached hydrogens (tertiary/aromatic N) is 2. The van der Waals surface area contributed by atoms with E-state index in [4.69, 9.17) is 5.73 Å². The van der Waals surface area contributed by atoms with Gasteiger partial charge in [-0.15, -0.1) is 0 Å². The van der Waals surface area contributed by atoms with Crippen molar-refractivity contribution in [3.63, 3.8) is 0 Å². The van der Waals surface area contributed by atoms with Crippen molar-refractivity contribution in [3.05, 3.63) is 20.7 Å². The van der Waals surface area contributed by atoms with E-state index in [1.807, 2.05) is 13.8 Å². The standard InChI is InChI=1S/C11H19N5O3S/c1-6(2)13-7(8(12)17)4-5-20-11-14-9(18)10(19)15-16(11)3/h6-7,13H,4-5H2,1-3H3,(H2,12,17)(H,15,19). The predicted octanol–water partition coefficient (Wildman–Crippen LogP) is -1.20. The normalized spacial score (nSPS) is 12.6. The van der Waals surface area contributed by atoms with Crippen molar-refractivity contribution in [2.45, 2.75) is 37.5 Å². The molecule has 1 heterocycles. The van der Waals surface area contributed by atoms with Crippen molar-refractivity contribution in [2.24, 2.45) is 12.8 Å². The minimum Gasteiger partial charge on any atom is -0.368 e. The number of hydrogen-bond donors (Lipinski definition) is 3. The molecule has 1 aromatic heterocycles. The van der Waals surface area contributed by atoms with Crippen molar-refractivity contribution in [1.82, 2.24) is 20.1 Å². The number of aromatic nitrogens is 3. The van der Waals surface area contributed by atoms with Gasteiger partial charge in [0.25, 0.3) is 0 Å². The molecule has 4 N–H and O–H groups in total. The van der Waals surface area contributed by atoms with Gasteiger partial charge in [0, 0.05) is 18.8 Å². The summed E-state index contributed by atoms with van der Waals surface area (Å²) in [6, 6.07) is -0.282. The molecule has 0 fully saturated rings. The van der Waals surface area contributed by atoms with Crippen LogP contribution in [0.5, 0.6) is 0 Å². The number of carbonyl (C=O) groups is 1. The number of aryl methyl sites for hydroxylation is 1. The second-order valence-corrected chi connectivity index (χ2v) is 5.68. The van der Waals surface area contributed by atoms with Crippen LogP contribution in [0.25, 0.3) is 0 Å². The van der Waals surface area contributed by atoms with E-state index in [2.05, 4.69) is 15.4 Å². The number of hydrogen-bond acceptors (Lipinski definition) is 6. The average molecular weight is 301 g/mol. The van der Waals surface area contributed by atoms with E-state index in [-0.39, 0.29) is 6.04 Å². The molecule has 1 rings (SSSR count). The summed E-state index contributed by atoms with van der Waals surface area (Å²) in [4.78, 5) is 37.2. The molecule has 0 aliphatic rings. The summed E-state index contributed by atoms with van der Waals surface area (Å²) in [6.45, 7) is 3.85. The highest BCUT2D eigenvalue weighted by atomic mass is 32.2. The van der Waals surface area contributed by atoms with Gasteiger partial charge in [0.15, 0.2) is 5.16 Å². The molecule has 1 aromatic rings. The number of aromatic amines is 1. The molecule has 0 spiro atoms. The van der Waals surface area contributed by atoms with E-state index >= 15 is 0 Å². The fraction of sp³-hybridized carbons (Fsp3) is 0.636. The van der Waals surface area contributed by atoms with Gasteiger partial charge in [0.2, 0.25) is 5.91 Å². The van der Waals surface area contributed by atoms with Crippen LogP contribution in [0, 0.1) is 0 Å². The Morgan fingerprint density at radius 2 is 2.15 bits per heavy atom. The van der Waals surface area contributed by atoms with Gasteiger partial charge >= 0.3 is 11.1 Å². The van der Waals surface area contributed by atoms with Crippen LogP contribution in [-0.2, 0) is 11.8 Å². The number of nitrogens with two attached hydrogens (primary N) is 1. The zero-order valence-corrected chi connectivity index (χ0v) is 12.5. The quantitative estimate of drug-likeness (QED) is 0.429. The van der Waals surface area contributed by atoms with Gasteiger partial charge < -0.3 is 11.1 Å². The Balaban J connectivity index is 2.63. The zero-order chi connectivity index (χ0) is 15.3. The maximum Gasteiger partial charge on any atom is 0.339 e. The monoisotopic (exact) mass is 301 g/mol. The first-order valence-corrected chi connectivity index (χ1v) is 7.15. The first-order chi connectivity index (χ1) is 9.31. The molecule has 1 amide bonds. The van der Waals surface area contributed by atoms with Gasteiger partial charge in [-0.05, 0) is 6.42 Å². The number of nitrogens with one attached hydrogen (secondary N) is 2. The minimum atomic E-state index is -0.822. The fourth-order valence-electron chi connectivity index (χ4n) is 1.57. The number of amides is 1. The Bertz CT molecular complexity index is 580. The second-order valence-electron chi connectivity index (χ2n) is 4.61. The van der Waals surface area contributed by atoms with Gasteiger partial charge in [0.1, 0.15) is 0 Å². The van der Waals surface area contributed by atoms with E-state index in [9.17, 15) is 14.4 Å². The van der Waals surface area contributed by atoms with Gasteiger partial charge in [-0.3, -0.25) is 24.2 Å². The van der Waals surface area contributed by atoms with E-state index in [1.165, 1.54) is 16.4 Å². The molecule has 1 atom stereocenters. The Labute approximate surface area is 120 Å². The van der Waals surface area contributed by atoms with E-state index < -0.39 is 23.1 Å². The number of primary amides is 1. The van der Waals surface area contributed by atoms with Crippen molar-refractivity contribution in [3.8, 4) is 0 Å². The molecule has 0 aliphatic carbocycles. The third-order valence-corrected chi connectivity index (χ3v) is 3.53. The maximum atomic E-state index is 11.3. The van der Waals surface area contributed by atoms with Gasteiger partial charge in [-0.1, -0.05) is 25.6 Å². The number of H-pyrrole nitrogens is 1. The summed E-state index contributed by atoms with van der Waals surface area (Å²) in [6.07, 6.45) is 0.507. The summed E-state index contributed by atoms with van der Waals surface area (Å²) in [5.41, 5.74) is 3.73. The number of thioether (sulfide) groups is 1. The summed E-state index contributed by atoms with van der Waals surface area (Å²) in [5, 5.41) is 5.82. The Hall–Kier alpha value is -1.61. The Morgan fingerprint density at radius 3 is 2.70 bits per heavy atom. The second kappa shape index (κ2) is 7.25. The van der Waals surface area contributed by atoms with Crippen LogP contribution in [0.3, 0.4) is 0 Å². The molecule has 0 bridgehead atoms. The first kappa shape index (κ1) is 16.4. The first-order valence-electron chi connectivity index (χ1n) is 6.16. The highest BCUT2D eigenvalue weighted by Gasteiger charge is 2.16. The Kier molecular flexibility index (Phi) is 5.96. The number of rotatable bonds is 7. The molecule has 1 unspecified atom stereocenters. The molecule has 8 nitrogen and oxygen atoms in total. The van der Waals surface area contributed by atoms with Crippen LogP contribution >= 0.6 is 11.8 Å². The molecule has 0 radical (unpaired) electrons. The van der Waals surface area contributed by atoms with E-state index in [0.717, 1.165) is 0 Å². The lowest BCUT2D eigenvalue weighted by molar-refractivity contribution is -0.120. The lowest BCUT2D eigenvalue weighted by Gasteiger charge is -2.17. The minimum absolute atomic E-state index is 0.146. The average Bonchev–Trinajstić information content (AvgIpc) is 2.33. The number of carbonyl (C=O) groups excluding carboxylic acids is 1. The highest BCUT2D eigenvalue weighted by molar-refractivity contribution is 7.99. The van der Waals surface area contributed by atoms with Crippen molar-refractivity contribution in [2.75, 3.05) is 5.75 Å². The molecule has 112 valence electrons. The van der Waals surface area contributed by atoms with Crippen molar-refractivity contribution < 1.29 is 4.79 Å². The smallest absolute Gasteiger partial charge is 0.339 e. The summed E-state index contributed by atoms with van der Waals surface area (Å²) >= 11 is 1.28. The summed E-state index contributed by atoms with van der Waals surface area (Å²) in [5.74, 6) is 0.127. The SMILES string of the molecule is CC(C)NC(CCSc1nc(=O)c(=O)[nH]n1C)C(N)=O. The molecular weight excluding hydrogens is 282 g/mol. The van der Waals surface area contributed by atoms with Crippen molar-refractivity contribution in [1.29, 1.82) is 0 Å². The Morgan fingerprint density at radius 1 is 1.50 bits per heavy atom. The molecule has 0 aromatic carbocycles. The van der Waals surface area contributed by atoms with Crippen LogP contribution in [0.1, 0.15) is 20.3 Å². The maximum absolute atomic E-state index is 11.3. The summed E-state index contributed by atoms with van der Waals surface area (Å²) in [7, 11) is 1.59. The van der Waals surface area contributed by atoms with Gasteiger partial charge in [0.05, 0.1) is 6.04 Å². The molecule has 0 saturated carbocycles. The van der Waals surface area contributed by atoms with E-state index in [0.29, 0.717) is 17.3 Å². The van der Waals surface area contributed by atoms with Gasteiger partial charge in [-0.25, -0.2) is 0 Å². The molecule has 0 aliphatic heterocycles. The lowest BCUT2D eigenvalue weighted by atomic mass is 10.2. The third-order valence-electron chi connectivity index (χ3n) is 2.46. The molecule has 0 saturated heterocycles. The molecule has 20 heavy (non-hydrogen) atoms. The van der Waals surface area contributed by atoms with Crippen LogP contribution < -0.4 is 22.2 Å². The van der Waals surface area contributed by atoms with Crippen LogP contribution in [0.4, 0.5) is 0 Å².